The molecule has 3 rings (SSSR count). The third-order valence-electron chi connectivity index (χ3n) is 4.62. The second-order valence-electron chi connectivity index (χ2n) is 5.80. The number of rotatable bonds is 1. The Kier molecular flexibility index (Phi) is 3.85. The molecular formula is C14H24N2O2. The van der Waals surface area contributed by atoms with Gasteiger partial charge in [-0.15, -0.1) is 0 Å². The average molecular weight is 252 g/mol. The zero-order chi connectivity index (χ0) is 12.4. The summed E-state index contributed by atoms with van der Waals surface area (Å²) >= 11 is 0. The average Bonchev–Trinajstić information content (AvgIpc) is 2.47. The summed E-state index contributed by atoms with van der Waals surface area (Å²) in [5.74, 6) is 0.329. The molecular weight excluding hydrogens is 228 g/mol. The summed E-state index contributed by atoms with van der Waals surface area (Å²) in [5.41, 5.74) is 0. The Bertz CT molecular complexity index is 300. The van der Waals surface area contributed by atoms with E-state index >= 15 is 0 Å². The van der Waals surface area contributed by atoms with Crippen LogP contribution in [-0.2, 0) is 9.53 Å². The lowest BCUT2D eigenvalue weighted by Crippen LogP contribution is -2.59. The SMILES string of the molecule is O=C([C@@H]1CCCCN1)N1CCOC2CCCCC21. The van der Waals surface area contributed by atoms with Gasteiger partial charge in [0.25, 0.3) is 0 Å². The van der Waals surface area contributed by atoms with E-state index in [0.717, 1.165) is 39.0 Å². The van der Waals surface area contributed by atoms with Crippen LogP contribution in [0.25, 0.3) is 0 Å². The number of carbonyl (C=O) groups is 1. The van der Waals surface area contributed by atoms with E-state index in [9.17, 15) is 4.79 Å². The molecule has 102 valence electrons. The van der Waals surface area contributed by atoms with E-state index < -0.39 is 0 Å². The summed E-state index contributed by atoms with van der Waals surface area (Å²) in [6.45, 7) is 2.51. The maximum absolute atomic E-state index is 12.6. The van der Waals surface area contributed by atoms with E-state index in [-0.39, 0.29) is 6.04 Å². The number of morpholine rings is 1. The Hall–Kier alpha value is -0.610. The molecule has 4 heteroatoms. The van der Waals surface area contributed by atoms with Gasteiger partial charge < -0.3 is 15.0 Å². The Balaban J connectivity index is 1.67. The first-order valence-corrected chi connectivity index (χ1v) is 7.52. The van der Waals surface area contributed by atoms with Crippen molar-refractivity contribution in [1.29, 1.82) is 0 Å². The highest BCUT2D eigenvalue weighted by atomic mass is 16.5. The lowest BCUT2D eigenvalue weighted by Gasteiger charge is -2.45. The Labute approximate surface area is 109 Å². The second-order valence-corrected chi connectivity index (χ2v) is 5.80. The van der Waals surface area contributed by atoms with Crippen LogP contribution in [0.4, 0.5) is 0 Å². The van der Waals surface area contributed by atoms with Crippen LogP contribution in [-0.4, -0.2) is 48.7 Å². The van der Waals surface area contributed by atoms with E-state index in [0.29, 0.717) is 18.1 Å². The number of hydrogen-bond acceptors (Lipinski definition) is 3. The number of nitrogens with one attached hydrogen (secondary N) is 1. The predicted molar refractivity (Wildman–Crippen MR) is 69.4 cm³/mol. The van der Waals surface area contributed by atoms with Crippen LogP contribution >= 0.6 is 0 Å². The molecule has 2 aliphatic heterocycles. The van der Waals surface area contributed by atoms with Crippen LogP contribution in [0, 0.1) is 0 Å². The summed E-state index contributed by atoms with van der Waals surface area (Å²) in [4.78, 5) is 14.7. The molecule has 0 aromatic heterocycles. The first kappa shape index (κ1) is 12.4. The van der Waals surface area contributed by atoms with Crippen molar-refractivity contribution >= 4 is 5.91 Å². The van der Waals surface area contributed by atoms with Gasteiger partial charge >= 0.3 is 0 Å². The highest BCUT2D eigenvalue weighted by molar-refractivity contribution is 5.82. The molecule has 0 bridgehead atoms. The zero-order valence-electron chi connectivity index (χ0n) is 11.1. The minimum atomic E-state index is 0.0689. The quantitative estimate of drug-likeness (QED) is 0.765. The fraction of sp³-hybridized carbons (Fsp3) is 0.929. The van der Waals surface area contributed by atoms with Crippen molar-refractivity contribution in [1.82, 2.24) is 10.2 Å². The van der Waals surface area contributed by atoms with E-state index in [4.69, 9.17) is 4.74 Å². The van der Waals surface area contributed by atoms with Crippen molar-refractivity contribution in [2.75, 3.05) is 19.7 Å². The van der Waals surface area contributed by atoms with Gasteiger partial charge in [-0.3, -0.25) is 4.79 Å². The number of fused-ring (bicyclic) bond motifs is 1. The third-order valence-corrected chi connectivity index (χ3v) is 4.62. The molecule has 3 aliphatic rings. The molecule has 3 fully saturated rings. The van der Waals surface area contributed by atoms with Crippen molar-refractivity contribution < 1.29 is 9.53 Å². The fourth-order valence-electron chi connectivity index (χ4n) is 3.63. The first-order valence-electron chi connectivity index (χ1n) is 7.52. The van der Waals surface area contributed by atoms with Crippen molar-refractivity contribution in [2.24, 2.45) is 0 Å². The Morgan fingerprint density at radius 1 is 1.11 bits per heavy atom. The molecule has 1 amide bonds. The lowest BCUT2D eigenvalue weighted by atomic mass is 9.89. The van der Waals surface area contributed by atoms with Gasteiger partial charge in [0, 0.05) is 6.54 Å². The van der Waals surface area contributed by atoms with Gasteiger partial charge in [0.05, 0.1) is 24.8 Å². The molecule has 0 aromatic rings. The van der Waals surface area contributed by atoms with Gasteiger partial charge in [-0.25, -0.2) is 0 Å². The van der Waals surface area contributed by atoms with Gasteiger partial charge in [-0.05, 0) is 32.2 Å². The first-order chi connectivity index (χ1) is 8.86. The van der Waals surface area contributed by atoms with Crippen molar-refractivity contribution in [3.8, 4) is 0 Å². The van der Waals surface area contributed by atoms with Gasteiger partial charge in [-0.2, -0.15) is 0 Å². The molecule has 1 N–H and O–H groups in total. The van der Waals surface area contributed by atoms with Crippen LogP contribution in [0.1, 0.15) is 44.9 Å². The van der Waals surface area contributed by atoms with E-state index in [1.165, 1.54) is 25.7 Å². The maximum atomic E-state index is 12.6. The van der Waals surface area contributed by atoms with Crippen LogP contribution in [0.2, 0.25) is 0 Å². The molecule has 4 nitrogen and oxygen atoms in total. The second kappa shape index (κ2) is 5.57. The lowest BCUT2D eigenvalue weighted by molar-refractivity contribution is -0.152. The van der Waals surface area contributed by atoms with Crippen LogP contribution < -0.4 is 5.32 Å². The number of carbonyl (C=O) groups excluding carboxylic acids is 1. The Morgan fingerprint density at radius 3 is 2.78 bits per heavy atom. The molecule has 1 saturated carbocycles. The molecule has 18 heavy (non-hydrogen) atoms. The van der Waals surface area contributed by atoms with Crippen LogP contribution in [0.15, 0.2) is 0 Å². The minimum absolute atomic E-state index is 0.0689. The summed E-state index contributed by atoms with van der Waals surface area (Å²) in [6.07, 6.45) is 8.46. The standard InChI is InChI=1S/C14H24N2O2/c17-14(11-5-3-4-8-15-11)16-9-10-18-13-7-2-1-6-12(13)16/h11-13,15H,1-10H2/t11-,12?,13?/m0/s1. The normalized spacial score (nSPS) is 37.1. The van der Waals surface area contributed by atoms with E-state index in [1.54, 1.807) is 0 Å². The number of piperidine rings is 1. The monoisotopic (exact) mass is 252 g/mol. The molecule has 2 heterocycles. The highest BCUT2D eigenvalue weighted by Crippen LogP contribution is 2.29. The molecule has 2 saturated heterocycles. The van der Waals surface area contributed by atoms with E-state index in [2.05, 4.69) is 10.2 Å². The number of nitrogens with zero attached hydrogens (tertiary/aromatic N) is 1. The third kappa shape index (κ3) is 2.41. The fourth-order valence-corrected chi connectivity index (χ4v) is 3.63. The molecule has 0 radical (unpaired) electrons. The summed E-state index contributed by atoms with van der Waals surface area (Å²) in [6, 6.07) is 0.420. The summed E-state index contributed by atoms with van der Waals surface area (Å²) in [7, 11) is 0. The highest BCUT2D eigenvalue weighted by Gasteiger charge is 2.38. The van der Waals surface area contributed by atoms with Gasteiger partial charge in [0.15, 0.2) is 0 Å². The van der Waals surface area contributed by atoms with Gasteiger partial charge in [0.2, 0.25) is 5.91 Å². The molecule has 3 atom stereocenters. The van der Waals surface area contributed by atoms with Crippen molar-refractivity contribution in [2.45, 2.75) is 63.1 Å². The summed E-state index contributed by atoms with van der Waals surface area (Å²) in [5, 5.41) is 3.38. The number of ether oxygens (including phenoxy) is 1. The Morgan fingerprint density at radius 2 is 1.94 bits per heavy atom. The van der Waals surface area contributed by atoms with Gasteiger partial charge in [0.1, 0.15) is 0 Å². The van der Waals surface area contributed by atoms with Gasteiger partial charge in [-0.1, -0.05) is 19.3 Å². The van der Waals surface area contributed by atoms with E-state index in [1.807, 2.05) is 0 Å². The van der Waals surface area contributed by atoms with Crippen LogP contribution in [0.5, 0.6) is 0 Å². The number of hydrogen-bond donors (Lipinski definition) is 1. The molecule has 2 unspecified atom stereocenters. The van der Waals surface area contributed by atoms with Crippen molar-refractivity contribution in [3.63, 3.8) is 0 Å². The molecule has 1 aliphatic carbocycles. The summed E-state index contributed by atoms with van der Waals surface area (Å²) < 4.78 is 5.84. The smallest absolute Gasteiger partial charge is 0.240 e. The topological polar surface area (TPSA) is 41.6 Å². The molecule has 0 spiro atoms. The predicted octanol–water partition coefficient (Wildman–Crippen LogP) is 1.30. The van der Waals surface area contributed by atoms with Crippen molar-refractivity contribution in [3.05, 3.63) is 0 Å². The zero-order valence-corrected chi connectivity index (χ0v) is 11.1. The largest absolute Gasteiger partial charge is 0.374 e. The van der Waals surface area contributed by atoms with Crippen LogP contribution in [0.3, 0.4) is 0 Å². The molecule has 0 aromatic carbocycles. The minimum Gasteiger partial charge on any atom is -0.374 e. The maximum Gasteiger partial charge on any atom is 0.240 e. The number of amides is 1.